The first-order valence-corrected chi connectivity index (χ1v) is 8.72. The third-order valence-corrected chi connectivity index (χ3v) is 4.77. The lowest BCUT2D eigenvalue weighted by molar-refractivity contribution is -0.647. The average Bonchev–Trinajstić information content (AvgIpc) is 3.23. The molecule has 0 amide bonds. The Labute approximate surface area is 154 Å². The molecule has 1 fully saturated rings. The number of hydrogen-bond donors (Lipinski definition) is 0. The van der Waals surface area contributed by atoms with E-state index in [4.69, 9.17) is 11.6 Å². The van der Waals surface area contributed by atoms with Crippen LogP contribution >= 0.6 is 11.6 Å². The maximum atomic E-state index is 5.98. The summed E-state index contributed by atoms with van der Waals surface area (Å²) in [7, 11) is 2.12. The molecule has 1 aromatic heterocycles. The summed E-state index contributed by atoms with van der Waals surface area (Å²) < 4.78 is 4.60. The van der Waals surface area contributed by atoms with Gasteiger partial charge in [0.1, 0.15) is 0 Å². The zero-order valence-electron chi connectivity index (χ0n) is 14.1. The van der Waals surface area contributed by atoms with E-state index in [1.165, 1.54) is 17.0 Å². The van der Waals surface area contributed by atoms with Crippen molar-refractivity contribution in [2.75, 3.05) is 0 Å². The fourth-order valence-corrected chi connectivity index (χ4v) is 3.34. The van der Waals surface area contributed by atoms with Gasteiger partial charge in [0.2, 0.25) is 0 Å². The quantitative estimate of drug-likeness (QED) is 0.606. The predicted octanol–water partition coefficient (Wildman–Crippen LogP) is 4.69. The lowest BCUT2D eigenvalue weighted by atomic mass is 10.1. The highest BCUT2D eigenvalue weighted by Crippen LogP contribution is 2.27. The van der Waals surface area contributed by atoms with Crippen molar-refractivity contribution in [2.24, 2.45) is 7.05 Å². The van der Waals surface area contributed by atoms with Crippen molar-refractivity contribution in [1.29, 1.82) is 0 Å². The maximum Gasteiger partial charge on any atom is 0.282 e. The van der Waals surface area contributed by atoms with Crippen molar-refractivity contribution < 1.29 is 4.57 Å². The van der Waals surface area contributed by atoms with E-state index in [0.29, 0.717) is 0 Å². The molecular weight excluding hydrogens is 328 g/mol. The molecule has 25 heavy (non-hydrogen) atoms. The van der Waals surface area contributed by atoms with Gasteiger partial charge in [-0.15, -0.1) is 0 Å². The van der Waals surface area contributed by atoms with Crippen LogP contribution in [0.4, 0.5) is 0 Å². The van der Waals surface area contributed by atoms with Gasteiger partial charge < -0.3 is 0 Å². The predicted molar refractivity (Wildman–Crippen MR) is 104 cm³/mol. The van der Waals surface area contributed by atoms with Crippen molar-refractivity contribution in [3.8, 4) is 0 Å². The minimum Gasteiger partial charge on any atom is -0.226 e. The molecule has 1 heterocycles. The van der Waals surface area contributed by atoms with Gasteiger partial charge in [0.25, 0.3) is 5.82 Å². The molecule has 0 aliphatic heterocycles. The molecule has 0 unspecified atom stereocenters. The van der Waals surface area contributed by atoms with E-state index in [1.54, 1.807) is 0 Å². The smallest absolute Gasteiger partial charge is 0.226 e. The molecule has 1 saturated carbocycles. The molecule has 2 aromatic carbocycles. The summed E-state index contributed by atoms with van der Waals surface area (Å²) in [6, 6.07) is 16.4. The van der Waals surface area contributed by atoms with Gasteiger partial charge in [-0.05, 0) is 61.6 Å². The van der Waals surface area contributed by atoms with Gasteiger partial charge in [-0.3, -0.25) is 0 Å². The Morgan fingerprint density at radius 3 is 2.44 bits per heavy atom. The Morgan fingerprint density at radius 1 is 0.960 bits per heavy atom. The van der Waals surface area contributed by atoms with Gasteiger partial charge in [-0.25, -0.2) is 9.13 Å². The van der Waals surface area contributed by atoms with Crippen molar-refractivity contribution >= 4 is 34.8 Å². The Bertz CT molecular complexity index is 900. The third kappa shape index (κ3) is 3.36. The maximum absolute atomic E-state index is 5.98. The van der Waals surface area contributed by atoms with E-state index in [9.17, 15) is 0 Å². The average molecular weight is 347 g/mol. The molecule has 5 radical (unpaired) electrons. The first-order chi connectivity index (χ1) is 12.2. The highest BCUT2D eigenvalue weighted by atomic mass is 35.5. The van der Waals surface area contributed by atoms with Crippen LogP contribution in [0.1, 0.15) is 11.4 Å². The number of benzene rings is 2. The van der Waals surface area contributed by atoms with Gasteiger partial charge >= 0.3 is 0 Å². The molecule has 2 nitrogen and oxygen atoms in total. The van der Waals surface area contributed by atoms with Crippen molar-refractivity contribution in [2.45, 2.75) is 6.54 Å². The third-order valence-electron chi connectivity index (χ3n) is 4.52. The van der Waals surface area contributed by atoms with Crippen LogP contribution in [0.25, 0.3) is 23.2 Å². The van der Waals surface area contributed by atoms with Crippen LogP contribution < -0.4 is 4.57 Å². The molecule has 4 rings (SSSR count). The largest absolute Gasteiger partial charge is 0.282 e. The number of aromatic nitrogens is 2. The minimum atomic E-state index is 0.757. The number of para-hydroxylation sites is 2. The number of halogens is 1. The standard InChI is InChI=1S/C22H19ClN2/c1-24-20-8-4-5-9-21(20)25(16-18-6-2-3-7-18)22(24)15-12-17-10-13-19(23)14-11-17/h2-15H,16H2,1H3/q+1/b15-12+. The van der Waals surface area contributed by atoms with Gasteiger partial charge in [0.15, 0.2) is 11.0 Å². The molecule has 3 heteroatoms. The van der Waals surface area contributed by atoms with Gasteiger partial charge in [0, 0.05) is 17.0 Å². The number of aryl methyl sites for hydroxylation is 1. The Morgan fingerprint density at radius 2 is 1.68 bits per heavy atom. The minimum absolute atomic E-state index is 0.757. The van der Waals surface area contributed by atoms with Crippen LogP contribution in [-0.4, -0.2) is 4.57 Å². The fraction of sp³-hybridized carbons (Fsp3) is 0.0909. The summed E-state index contributed by atoms with van der Waals surface area (Å²) in [5.74, 6) is 2.47. The van der Waals surface area contributed by atoms with E-state index in [2.05, 4.69) is 78.3 Å². The van der Waals surface area contributed by atoms with Crippen LogP contribution in [0, 0.1) is 31.6 Å². The highest BCUT2D eigenvalue weighted by molar-refractivity contribution is 6.30. The first kappa shape index (κ1) is 16.4. The summed E-state index contributed by atoms with van der Waals surface area (Å²) in [5, 5.41) is 0.757. The Kier molecular flexibility index (Phi) is 4.63. The summed E-state index contributed by atoms with van der Waals surface area (Å²) in [5.41, 5.74) is 3.60. The molecule has 123 valence electrons. The number of imidazole rings is 1. The van der Waals surface area contributed by atoms with E-state index in [0.717, 1.165) is 23.0 Å². The summed E-state index contributed by atoms with van der Waals surface area (Å²) >= 11 is 5.98. The van der Waals surface area contributed by atoms with E-state index < -0.39 is 0 Å². The summed E-state index contributed by atoms with van der Waals surface area (Å²) in [6.07, 6.45) is 12.8. The second kappa shape index (κ2) is 7.05. The SMILES string of the molecule is C[n+]1c(/C=C/c2ccc(Cl)cc2)n(C[C]2[CH][CH][CH][CH]2)c2ccccc21. The number of nitrogens with zero attached hydrogens (tertiary/aromatic N) is 2. The second-order valence-electron chi connectivity index (χ2n) is 6.17. The normalized spacial score (nSPS) is 15.6. The molecule has 0 saturated heterocycles. The Balaban J connectivity index is 1.75. The van der Waals surface area contributed by atoms with Crippen molar-refractivity contribution in [3.63, 3.8) is 0 Å². The zero-order chi connectivity index (χ0) is 17.2. The molecule has 3 aromatic rings. The lowest BCUT2D eigenvalue weighted by Gasteiger charge is -2.06. The topological polar surface area (TPSA) is 8.81 Å². The fourth-order valence-electron chi connectivity index (χ4n) is 3.22. The monoisotopic (exact) mass is 346 g/mol. The zero-order valence-corrected chi connectivity index (χ0v) is 14.8. The first-order valence-electron chi connectivity index (χ1n) is 8.34. The van der Waals surface area contributed by atoms with Crippen LogP contribution in [0.3, 0.4) is 0 Å². The second-order valence-corrected chi connectivity index (χ2v) is 6.61. The van der Waals surface area contributed by atoms with Crippen molar-refractivity contribution in [1.82, 2.24) is 4.57 Å². The molecule has 0 spiro atoms. The molecule has 0 atom stereocenters. The number of hydrogen-bond acceptors (Lipinski definition) is 0. The summed E-state index contributed by atoms with van der Waals surface area (Å²) in [4.78, 5) is 0. The number of fused-ring (bicyclic) bond motifs is 1. The van der Waals surface area contributed by atoms with Crippen LogP contribution in [-0.2, 0) is 13.6 Å². The van der Waals surface area contributed by atoms with Gasteiger partial charge in [-0.1, -0.05) is 35.9 Å². The highest BCUT2D eigenvalue weighted by Gasteiger charge is 2.26. The van der Waals surface area contributed by atoms with Crippen LogP contribution in [0.5, 0.6) is 0 Å². The van der Waals surface area contributed by atoms with Crippen LogP contribution in [0.2, 0.25) is 5.02 Å². The molecular formula is C22H19ClN2+. The van der Waals surface area contributed by atoms with Crippen LogP contribution in [0.15, 0.2) is 48.5 Å². The van der Waals surface area contributed by atoms with E-state index in [1.807, 2.05) is 24.3 Å². The lowest BCUT2D eigenvalue weighted by Crippen LogP contribution is -2.31. The van der Waals surface area contributed by atoms with E-state index >= 15 is 0 Å². The molecule has 0 bridgehead atoms. The van der Waals surface area contributed by atoms with E-state index in [-0.39, 0.29) is 0 Å². The van der Waals surface area contributed by atoms with Gasteiger partial charge in [0.05, 0.1) is 13.6 Å². The van der Waals surface area contributed by atoms with Crippen molar-refractivity contribution in [3.05, 3.63) is 96.5 Å². The number of rotatable bonds is 4. The Hall–Kier alpha value is -2.06. The summed E-state index contributed by atoms with van der Waals surface area (Å²) in [6.45, 7) is 0.856. The van der Waals surface area contributed by atoms with Gasteiger partial charge in [-0.2, -0.15) is 0 Å². The molecule has 1 aliphatic carbocycles. The molecule has 0 N–H and O–H groups in total. The molecule has 1 aliphatic rings.